The third-order valence-electron chi connectivity index (χ3n) is 3.47. The summed E-state index contributed by atoms with van der Waals surface area (Å²) in [5, 5.41) is 9.14. The summed E-state index contributed by atoms with van der Waals surface area (Å²) in [5.74, 6) is -0.987. The van der Waals surface area contributed by atoms with Crippen LogP contribution >= 0.6 is 0 Å². The molecular formula is C14H16F3NO2. The van der Waals surface area contributed by atoms with Gasteiger partial charge in [0.05, 0.1) is 5.56 Å². The van der Waals surface area contributed by atoms with E-state index in [1.54, 1.807) is 18.2 Å². The molecule has 1 aromatic rings. The number of carboxylic acid groups (broad SMARTS) is 1. The maximum absolute atomic E-state index is 12.2. The molecule has 0 aliphatic carbocycles. The van der Waals surface area contributed by atoms with Crippen molar-refractivity contribution in [1.82, 2.24) is 0 Å². The zero-order valence-corrected chi connectivity index (χ0v) is 10.9. The van der Waals surface area contributed by atoms with Crippen molar-refractivity contribution in [3.63, 3.8) is 0 Å². The van der Waals surface area contributed by atoms with Crippen LogP contribution in [0.3, 0.4) is 0 Å². The predicted octanol–water partition coefficient (Wildman–Crippen LogP) is 3.48. The highest BCUT2D eigenvalue weighted by molar-refractivity contribution is 5.91. The van der Waals surface area contributed by atoms with Gasteiger partial charge >= 0.3 is 12.1 Å². The smallest absolute Gasteiger partial charge is 0.389 e. The summed E-state index contributed by atoms with van der Waals surface area (Å²) in [4.78, 5) is 13.0. The van der Waals surface area contributed by atoms with Crippen molar-refractivity contribution in [2.45, 2.75) is 31.9 Å². The van der Waals surface area contributed by atoms with Crippen LogP contribution in [0.1, 0.15) is 35.2 Å². The number of nitrogens with zero attached hydrogens (tertiary/aromatic N) is 1. The Morgan fingerprint density at radius 3 is 2.75 bits per heavy atom. The minimum absolute atomic E-state index is 0.0280. The molecule has 1 N–H and O–H groups in total. The highest BCUT2D eigenvalue weighted by Crippen LogP contribution is 2.31. The number of rotatable bonds is 4. The Kier molecular flexibility index (Phi) is 4.20. The number of halogens is 3. The molecule has 0 aromatic heterocycles. The van der Waals surface area contributed by atoms with Crippen molar-refractivity contribution in [3.8, 4) is 0 Å². The Balaban J connectivity index is 2.12. The molecule has 0 bridgehead atoms. The van der Waals surface area contributed by atoms with Gasteiger partial charge in [0.25, 0.3) is 0 Å². The van der Waals surface area contributed by atoms with Crippen molar-refractivity contribution in [3.05, 3.63) is 29.3 Å². The van der Waals surface area contributed by atoms with Gasteiger partial charge in [0.1, 0.15) is 0 Å². The summed E-state index contributed by atoms with van der Waals surface area (Å²) < 4.78 is 36.5. The summed E-state index contributed by atoms with van der Waals surface area (Å²) in [6.45, 7) is 0.976. The number of hydrogen-bond donors (Lipinski definition) is 1. The summed E-state index contributed by atoms with van der Waals surface area (Å²) in [6, 6.07) is 4.97. The summed E-state index contributed by atoms with van der Waals surface area (Å²) in [7, 11) is 0. The number of fused-ring (bicyclic) bond motifs is 1. The molecule has 0 spiro atoms. The van der Waals surface area contributed by atoms with Gasteiger partial charge in [-0.25, -0.2) is 4.79 Å². The lowest BCUT2D eigenvalue weighted by molar-refractivity contribution is -0.135. The van der Waals surface area contributed by atoms with E-state index in [4.69, 9.17) is 5.11 Å². The lowest BCUT2D eigenvalue weighted by Crippen LogP contribution is -2.31. The van der Waals surface area contributed by atoms with Crippen LogP contribution in [0, 0.1) is 0 Å². The first-order valence-corrected chi connectivity index (χ1v) is 6.55. The number of benzene rings is 1. The zero-order valence-electron chi connectivity index (χ0n) is 10.9. The molecule has 0 saturated heterocycles. The molecule has 0 fully saturated rings. The van der Waals surface area contributed by atoms with Gasteiger partial charge in [-0.2, -0.15) is 13.2 Å². The fourth-order valence-electron chi connectivity index (χ4n) is 2.60. The number of carboxylic acids is 1. The number of aromatic carboxylic acids is 1. The highest BCUT2D eigenvalue weighted by atomic mass is 19.4. The van der Waals surface area contributed by atoms with Gasteiger partial charge in [0.15, 0.2) is 0 Å². The van der Waals surface area contributed by atoms with Crippen LogP contribution < -0.4 is 4.90 Å². The van der Waals surface area contributed by atoms with Crippen LogP contribution in [0.25, 0.3) is 0 Å². The molecule has 0 atom stereocenters. The molecule has 6 heteroatoms. The molecule has 1 aliphatic heterocycles. The van der Waals surface area contributed by atoms with Crippen LogP contribution in [0.4, 0.5) is 18.9 Å². The lowest BCUT2D eigenvalue weighted by atomic mass is 9.96. The molecule has 0 radical (unpaired) electrons. The fourth-order valence-corrected chi connectivity index (χ4v) is 2.60. The van der Waals surface area contributed by atoms with Crippen LogP contribution in [0.5, 0.6) is 0 Å². The number of carbonyl (C=O) groups is 1. The number of hydrogen-bond acceptors (Lipinski definition) is 2. The summed E-state index contributed by atoms with van der Waals surface area (Å²) in [6.07, 6.45) is -3.49. The Morgan fingerprint density at radius 1 is 1.35 bits per heavy atom. The molecule has 110 valence electrons. The first kappa shape index (κ1) is 14.7. The van der Waals surface area contributed by atoms with Gasteiger partial charge in [-0.15, -0.1) is 0 Å². The Morgan fingerprint density at radius 2 is 2.10 bits per heavy atom. The van der Waals surface area contributed by atoms with Crippen molar-refractivity contribution < 1.29 is 23.1 Å². The molecule has 1 aliphatic rings. The van der Waals surface area contributed by atoms with E-state index in [2.05, 4.69) is 0 Å². The number of anilines is 1. The van der Waals surface area contributed by atoms with E-state index in [1.165, 1.54) is 0 Å². The van der Waals surface area contributed by atoms with Crippen molar-refractivity contribution in [2.75, 3.05) is 18.0 Å². The monoisotopic (exact) mass is 287 g/mol. The molecule has 0 saturated carbocycles. The quantitative estimate of drug-likeness (QED) is 0.921. The van der Waals surface area contributed by atoms with Crippen LogP contribution in [0.15, 0.2) is 18.2 Å². The van der Waals surface area contributed by atoms with Crippen LogP contribution in [0.2, 0.25) is 0 Å². The second kappa shape index (κ2) is 5.73. The molecule has 0 amide bonds. The average molecular weight is 287 g/mol. The standard InChI is InChI=1S/C14H16F3NO2/c15-14(16,17)7-3-9-18-8-2-5-10-11(13(19)20)4-1-6-12(10)18/h1,4,6H,2-3,5,7-9H2,(H,19,20). The summed E-state index contributed by atoms with van der Waals surface area (Å²) >= 11 is 0. The van der Waals surface area contributed by atoms with E-state index in [0.29, 0.717) is 19.5 Å². The third kappa shape index (κ3) is 3.43. The second-order valence-electron chi connectivity index (χ2n) is 4.92. The second-order valence-corrected chi connectivity index (χ2v) is 4.92. The minimum Gasteiger partial charge on any atom is -0.478 e. The maximum atomic E-state index is 12.2. The van der Waals surface area contributed by atoms with Crippen molar-refractivity contribution >= 4 is 11.7 Å². The highest BCUT2D eigenvalue weighted by Gasteiger charge is 2.27. The molecule has 2 rings (SSSR count). The first-order valence-electron chi connectivity index (χ1n) is 6.55. The molecule has 1 aromatic carbocycles. The molecule has 1 heterocycles. The van der Waals surface area contributed by atoms with Gasteiger partial charge in [-0.1, -0.05) is 6.07 Å². The largest absolute Gasteiger partial charge is 0.478 e. The predicted molar refractivity (Wildman–Crippen MR) is 69.2 cm³/mol. The Bertz CT molecular complexity index is 500. The van der Waals surface area contributed by atoms with Crippen molar-refractivity contribution in [2.24, 2.45) is 0 Å². The normalized spacial score (nSPS) is 15.1. The first-order chi connectivity index (χ1) is 9.38. The van der Waals surface area contributed by atoms with E-state index in [9.17, 15) is 18.0 Å². The van der Waals surface area contributed by atoms with E-state index in [1.807, 2.05) is 4.90 Å². The topological polar surface area (TPSA) is 40.5 Å². The van der Waals surface area contributed by atoms with Crippen molar-refractivity contribution in [1.29, 1.82) is 0 Å². The fraction of sp³-hybridized carbons (Fsp3) is 0.500. The van der Waals surface area contributed by atoms with Gasteiger partial charge < -0.3 is 10.0 Å². The van der Waals surface area contributed by atoms with E-state index in [-0.39, 0.29) is 12.0 Å². The van der Waals surface area contributed by atoms with Gasteiger partial charge in [0.2, 0.25) is 0 Å². The molecular weight excluding hydrogens is 271 g/mol. The summed E-state index contributed by atoms with van der Waals surface area (Å²) in [5.41, 5.74) is 1.75. The van der Waals surface area contributed by atoms with E-state index < -0.39 is 18.6 Å². The molecule has 3 nitrogen and oxygen atoms in total. The van der Waals surface area contributed by atoms with Gasteiger partial charge in [0, 0.05) is 25.2 Å². The lowest BCUT2D eigenvalue weighted by Gasteiger charge is -2.32. The maximum Gasteiger partial charge on any atom is 0.389 e. The zero-order chi connectivity index (χ0) is 14.8. The minimum atomic E-state index is -4.14. The number of alkyl halides is 3. The van der Waals surface area contributed by atoms with Crippen LogP contribution in [-0.4, -0.2) is 30.3 Å². The van der Waals surface area contributed by atoms with Crippen LogP contribution in [-0.2, 0) is 6.42 Å². The van der Waals surface area contributed by atoms with E-state index >= 15 is 0 Å². The van der Waals surface area contributed by atoms with Gasteiger partial charge in [-0.05, 0) is 37.0 Å². The third-order valence-corrected chi connectivity index (χ3v) is 3.47. The molecule has 0 unspecified atom stereocenters. The average Bonchev–Trinajstić information content (AvgIpc) is 2.36. The SMILES string of the molecule is O=C(O)c1cccc2c1CCCN2CCCC(F)(F)F. The Labute approximate surface area is 115 Å². The Hall–Kier alpha value is -1.72. The van der Waals surface area contributed by atoms with Gasteiger partial charge in [-0.3, -0.25) is 0 Å². The van der Waals surface area contributed by atoms with E-state index in [0.717, 1.165) is 17.7 Å². The molecule has 20 heavy (non-hydrogen) atoms.